The molecular weight excluding hydrogens is 431 g/mol. The summed E-state index contributed by atoms with van der Waals surface area (Å²) in [5.74, 6) is -1.21. The van der Waals surface area contributed by atoms with Gasteiger partial charge in [0, 0.05) is 50.0 Å². The lowest BCUT2D eigenvalue weighted by atomic mass is 9.73. The average Bonchev–Trinajstić information content (AvgIpc) is 3.17. The fourth-order valence-electron chi connectivity index (χ4n) is 4.10. The predicted octanol–water partition coefficient (Wildman–Crippen LogP) is 3.46. The van der Waals surface area contributed by atoms with Crippen LogP contribution in [-0.4, -0.2) is 64.7 Å². The van der Waals surface area contributed by atoms with Crippen molar-refractivity contribution in [3.05, 3.63) is 41.9 Å². The molecular formula is C21H26F3N3O5. The van der Waals surface area contributed by atoms with Crippen molar-refractivity contribution in [1.82, 2.24) is 15.0 Å². The summed E-state index contributed by atoms with van der Waals surface area (Å²) in [4.78, 5) is 15.6. The first-order valence-corrected chi connectivity index (χ1v) is 10.3. The van der Waals surface area contributed by atoms with Crippen molar-refractivity contribution in [2.24, 2.45) is 5.41 Å². The van der Waals surface area contributed by atoms with E-state index in [1.54, 1.807) is 6.20 Å². The highest BCUT2D eigenvalue weighted by molar-refractivity contribution is 5.73. The van der Waals surface area contributed by atoms with Crippen LogP contribution >= 0.6 is 0 Å². The molecule has 0 amide bonds. The van der Waals surface area contributed by atoms with Crippen LogP contribution in [-0.2, 0) is 16.1 Å². The van der Waals surface area contributed by atoms with Crippen molar-refractivity contribution in [3.8, 4) is 5.88 Å². The second kappa shape index (κ2) is 10.3. The number of hydrogen-bond donors (Lipinski definition) is 1. The molecule has 176 valence electrons. The summed E-state index contributed by atoms with van der Waals surface area (Å²) in [5, 5.41) is 11.3. The first-order valence-electron chi connectivity index (χ1n) is 10.3. The Bertz CT molecular complexity index is 877. The van der Waals surface area contributed by atoms with Gasteiger partial charge in [0.25, 0.3) is 0 Å². The third-order valence-corrected chi connectivity index (χ3v) is 5.52. The minimum absolute atomic E-state index is 0.0206. The van der Waals surface area contributed by atoms with Crippen LogP contribution in [0.1, 0.15) is 30.7 Å². The summed E-state index contributed by atoms with van der Waals surface area (Å²) in [6, 6.07) is 7.78. The molecule has 0 saturated carbocycles. The largest absolute Gasteiger partial charge is 0.490 e. The number of nitrogens with zero attached hydrogens (tertiary/aromatic N) is 3. The number of halogens is 3. The first kappa shape index (κ1) is 24.0. The third kappa shape index (κ3) is 6.42. The van der Waals surface area contributed by atoms with Crippen LogP contribution in [0.4, 0.5) is 13.2 Å². The van der Waals surface area contributed by atoms with E-state index in [0.717, 1.165) is 57.0 Å². The van der Waals surface area contributed by atoms with Crippen LogP contribution in [0.5, 0.6) is 5.88 Å². The van der Waals surface area contributed by atoms with Gasteiger partial charge < -0.3 is 19.1 Å². The van der Waals surface area contributed by atoms with E-state index < -0.39 is 12.1 Å². The average molecular weight is 457 g/mol. The van der Waals surface area contributed by atoms with Crippen molar-refractivity contribution in [2.75, 3.05) is 26.3 Å². The molecule has 32 heavy (non-hydrogen) atoms. The standard InChI is InChI=1S/C19H25N3O3.C2HF3O2/c1-15-11-16(21-25-15)12-22-9-6-17-19(13-22,7-4-10-23-17)14-24-18-5-2-3-8-20-18;3-2(4,5)1(6)7/h2-3,5,8,11,17H,4,6-7,9-10,12-14H2,1H3;(H,6,7). The van der Waals surface area contributed by atoms with Crippen LogP contribution < -0.4 is 4.74 Å². The molecule has 2 saturated heterocycles. The van der Waals surface area contributed by atoms with Gasteiger partial charge in [0.15, 0.2) is 0 Å². The summed E-state index contributed by atoms with van der Waals surface area (Å²) >= 11 is 0. The lowest BCUT2D eigenvalue weighted by molar-refractivity contribution is -0.192. The van der Waals surface area contributed by atoms with E-state index >= 15 is 0 Å². The summed E-state index contributed by atoms with van der Waals surface area (Å²) in [5.41, 5.74) is 1.01. The van der Waals surface area contributed by atoms with Gasteiger partial charge in [-0.05, 0) is 32.3 Å². The molecule has 1 N–H and O–H groups in total. The van der Waals surface area contributed by atoms with Crippen LogP contribution in [0.2, 0.25) is 0 Å². The third-order valence-electron chi connectivity index (χ3n) is 5.52. The fourth-order valence-corrected chi connectivity index (χ4v) is 4.10. The molecule has 8 nitrogen and oxygen atoms in total. The summed E-state index contributed by atoms with van der Waals surface area (Å²) in [6.07, 6.45) is 0.183. The molecule has 0 aromatic carbocycles. The molecule has 0 aliphatic carbocycles. The number of fused-ring (bicyclic) bond motifs is 1. The molecule has 2 atom stereocenters. The lowest BCUT2D eigenvalue weighted by Crippen LogP contribution is -2.57. The molecule has 2 aromatic rings. The minimum Gasteiger partial charge on any atom is -0.477 e. The zero-order chi connectivity index (χ0) is 23.2. The summed E-state index contributed by atoms with van der Waals surface area (Å²) in [6.45, 7) is 6.22. The Labute approximate surface area is 183 Å². The van der Waals surface area contributed by atoms with Crippen LogP contribution in [0.3, 0.4) is 0 Å². The highest BCUT2D eigenvalue weighted by Gasteiger charge is 2.46. The van der Waals surface area contributed by atoms with E-state index in [2.05, 4.69) is 15.0 Å². The first-order chi connectivity index (χ1) is 15.2. The predicted molar refractivity (Wildman–Crippen MR) is 106 cm³/mol. The maximum absolute atomic E-state index is 10.6. The van der Waals surface area contributed by atoms with Gasteiger partial charge in [-0.25, -0.2) is 9.78 Å². The second-order valence-corrected chi connectivity index (χ2v) is 8.01. The normalized spacial score (nSPS) is 23.6. The van der Waals surface area contributed by atoms with Crippen molar-refractivity contribution < 1.29 is 37.1 Å². The van der Waals surface area contributed by atoms with E-state index in [4.69, 9.17) is 23.9 Å². The summed E-state index contributed by atoms with van der Waals surface area (Å²) in [7, 11) is 0. The molecule has 0 bridgehead atoms. The molecule has 2 aliphatic rings. The van der Waals surface area contributed by atoms with Gasteiger partial charge in [0.2, 0.25) is 5.88 Å². The SMILES string of the molecule is Cc1cc(CN2CCC3OCCCC3(COc3ccccn3)C2)no1.O=C(O)C(F)(F)F. The molecule has 0 radical (unpaired) electrons. The lowest BCUT2D eigenvalue weighted by Gasteiger charge is -2.50. The van der Waals surface area contributed by atoms with Gasteiger partial charge in [-0.3, -0.25) is 4.90 Å². The Morgan fingerprint density at radius 3 is 2.81 bits per heavy atom. The fraction of sp³-hybridized carbons (Fsp3) is 0.571. The Kier molecular flexibility index (Phi) is 7.73. The number of carbonyl (C=O) groups is 1. The van der Waals surface area contributed by atoms with Gasteiger partial charge >= 0.3 is 12.1 Å². The quantitative estimate of drug-likeness (QED) is 0.729. The maximum Gasteiger partial charge on any atom is 0.490 e. The van der Waals surface area contributed by atoms with E-state index in [0.29, 0.717) is 12.5 Å². The number of hydrogen-bond acceptors (Lipinski definition) is 7. The van der Waals surface area contributed by atoms with Gasteiger partial charge in [-0.1, -0.05) is 11.2 Å². The Balaban J connectivity index is 0.000000360. The van der Waals surface area contributed by atoms with Crippen molar-refractivity contribution in [1.29, 1.82) is 0 Å². The van der Waals surface area contributed by atoms with Gasteiger partial charge in [-0.2, -0.15) is 13.2 Å². The number of aryl methyl sites for hydroxylation is 1. The number of aliphatic carboxylic acids is 1. The molecule has 2 aromatic heterocycles. The topological polar surface area (TPSA) is 97.9 Å². The number of ether oxygens (including phenoxy) is 2. The molecule has 0 spiro atoms. The summed E-state index contributed by atoms with van der Waals surface area (Å²) < 4.78 is 49.1. The van der Waals surface area contributed by atoms with Gasteiger partial charge in [-0.15, -0.1) is 0 Å². The zero-order valence-electron chi connectivity index (χ0n) is 17.7. The molecule has 2 aliphatic heterocycles. The molecule has 2 unspecified atom stereocenters. The van der Waals surface area contributed by atoms with E-state index in [9.17, 15) is 13.2 Å². The van der Waals surface area contributed by atoms with E-state index in [1.807, 2.05) is 31.2 Å². The molecule has 4 rings (SSSR count). The van der Waals surface area contributed by atoms with Crippen LogP contribution in [0.15, 0.2) is 35.0 Å². The zero-order valence-corrected chi connectivity index (χ0v) is 17.7. The van der Waals surface area contributed by atoms with Gasteiger partial charge in [0.05, 0.1) is 18.4 Å². The molecule has 4 heterocycles. The number of carboxylic acid groups (broad SMARTS) is 1. The number of pyridine rings is 1. The highest BCUT2D eigenvalue weighted by atomic mass is 19.4. The van der Waals surface area contributed by atoms with E-state index in [-0.39, 0.29) is 11.5 Å². The Morgan fingerprint density at radius 2 is 2.19 bits per heavy atom. The number of aromatic nitrogens is 2. The van der Waals surface area contributed by atoms with Crippen LogP contribution in [0.25, 0.3) is 0 Å². The number of likely N-dealkylation sites (tertiary alicyclic amines) is 1. The van der Waals surface area contributed by atoms with Crippen molar-refractivity contribution in [2.45, 2.75) is 45.0 Å². The molecule has 2 fully saturated rings. The second-order valence-electron chi connectivity index (χ2n) is 8.01. The smallest absolute Gasteiger partial charge is 0.477 e. The minimum atomic E-state index is -5.08. The number of piperidine rings is 1. The van der Waals surface area contributed by atoms with Crippen molar-refractivity contribution >= 4 is 5.97 Å². The Hall–Kier alpha value is -2.66. The molecule has 11 heteroatoms. The van der Waals surface area contributed by atoms with Crippen molar-refractivity contribution in [3.63, 3.8) is 0 Å². The number of alkyl halides is 3. The van der Waals surface area contributed by atoms with E-state index in [1.165, 1.54) is 0 Å². The Morgan fingerprint density at radius 1 is 1.41 bits per heavy atom. The highest BCUT2D eigenvalue weighted by Crippen LogP contribution is 2.40. The number of rotatable bonds is 5. The monoisotopic (exact) mass is 457 g/mol. The van der Waals surface area contributed by atoms with Gasteiger partial charge in [0.1, 0.15) is 5.76 Å². The maximum atomic E-state index is 10.6. The van der Waals surface area contributed by atoms with Crippen LogP contribution in [0, 0.1) is 12.3 Å². The number of carboxylic acids is 1.